The molecule has 0 bridgehead atoms. The summed E-state index contributed by atoms with van der Waals surface area (Å²) >= 11 is 7.10. The molecule has 0 unspecified atom stereocenters. The van der Waals surface area contributed by atoms with Gasteiger partial charge in [0.05, 0.1) is 10.7 Å². The summed E-state index contributed by atoms with van der Waals surface area (Å²) < 4.78 is 0. The van der Waals surface area contributed by atoms with Crippen molar-refractivity contribution >= 4 is 39.8 Å². The third kappa shape index (κ3) is 4.66. The quantitative estimate of drug-likeness (QED) is 0.846. The van der Waals surface area contributed by atoms with Crippen LogP contribution in [-0.4, -0.2) is 48.0 Å². The van der Waals surface area contributed by atoms with Crippen molar-refractivity contribution < 1.29 is 4.79 Å². The first kappa shape index (κ1) is 16.7. The molecule has 2 rings (SSSR count). The molecule has 0 aliphatic heterocycles. The average molecular weight is 340 g/mol. The Morgan fingerprint density at radius 1 is 1.41 bits per heavy atom. The molecule has 0 saturated carbocycles. The third-order valence-corrected chi connectivity index (χ3v) is 4.10. The van der Waals surface area contributed by atoms with E-state index in [1.165, 1.54) is 11.3 Å². The van der Waals surface area contributed by atoms with Crippen LogP contribution in [0.2, 0.25) is 5.02 Å². The Kier molecular flexibility index (Phi) is 5.70. The third-order valence-electron chi connectivity index (χ3n) is 2.81. The molecular weight excluding hydrogens is 322 g/mol. The molecule has 0 fully saturated rings. The molecule has 0 aliphatic carbocycles. The minimum atomic E-state index is -0.103. The number of aryl methyl sites for hydroxylation is 1. The normalized spacial score (nSPS) is 10.8. The Labute approximate surface area is 138 Å². The van der Waals surface area contributed by atoms with Crippen LogP contribution in [0.25, 0.3) is 0 Å². The summed E-state index contributed by atoms with van der Waals surface area (Å²) in [6.45, 7) is 3.21. The Balaban J connectivity index is 2.01. The molecule has 0 radical (unpaired) electrons. The van der Waals surface area contributed by atoms with Crippen LogP contribution in [0.5, 0.6) is 0 Å². The Morgan fingerprint density at radius 3 is 2.82 bits per heavy atom. The second kappa shape index (κ2) is 7.53. The predicted molar refractivity (Wildman–Crippen MR) is 90.3 cm³/mol. The highest BCUT2D eigenvalue weighted by molar-refractivity contribution is 7.17. The van der Waals surface area contributed by atoms with Gasteiger partial charge in [-0.3, -0.25) is 4.79 Å². The molecule has 2 N–H and O–H groups in total. The lowest BCUT2D eigenvalue weighted by molar-refractivity contribution is 0.0954. The smallest absolute Gasteiger partial charge is 0.263 e. The maximum Gasteiger partial charge on any atom is 0.263 e. The number of hydrogen-bond acceptors (Lipinski definition) is 6. The highest BCUT2D eigenvalue weighted by atomic mass is 35.5. The number of pyridine rings is 1. The zero-order chi connectivity index (χ0) is 16.1. The Bertz CT molecular complexity index is 641. The lowest BCUT2D eigenvalue weighted by Crippen LogP contribution is -2.31. The summed E-state index contributed by atoms with van der Waals surface area (Å²) in [7, 11) is 3.93. The number of hydrogen-bond donors (Lipinski definition) is 2. The van der Waals surface area contributed by atoms with E-state index in [1.54, 1.807) is 18.3 Å². The summed E-state index contributed by atoms with van der Waals surface area (Å²) in [4.78, 5) is 23.3. The van der Waals surface area contributed by atoms with E-state index in [0.29, 0.717) is 33.1 Å². The van der Waals surface area contributed by atoms with E-state index in [4.69, 9.17) is 11.6 Å². The first-order chi connectivity index (χ1) is 10.5. The fraction of sp³-hybridized carbons (Fsp3) is 0.357. The molecule has 0 atom stereocenters. The van der Waals surface area contributed by atoms with E-state index >= 15 is 0 Å². The van der Waals surface area contributed by atoms with E-state index < -0.39 is 0 Å². The Morgan fingerprint density at radius 2 is 2.18 bits per heavy atom. The van der Waals surface area contributed by atoms with Crippen LogP contribution in [0.15, 0.2) is 18.3 Å². The molecule has 6 nitrogen and oxygen atoms in total. The van der Waals surface area contributed by atoms with Crippen molar-refractivity contribution in [1.82, 2.24) is 20.2 Å². The molecule has 2 heterocycles. The number of amides is 1. The molecule has 118 valence electrons. The number of halogens is 1. The van der Waals surface area contributed by atoms with Crippen LogP contribution in [0.4, 0.5) is 10.9 Å². The second-order valence-corrected chi connectivity index (χ2v) is 6.41. The molecule has 8 heteroatoms. The molecule has 0 aliphatic rings. The summed E-state index contributed by atoms with van der Waals surface area (Å²) in [6.07, 6.45) is 1.55. The second-order valence-electron chi connectivity index (χ2n) is 4.98. The van der Waals surface area contributed by atoms with E-state index in [-0.39, 0.29) is 5.91 Å². The molecule has 0 aromatic carbocycles. The van der Waals surface area contributed by atoms with Crippen molar-refractivity contribution in [3.05, 3.63) is 33.9 Å². The minimum Gasteiger partial charge on any atom is -0.350 e. The number of nitrogens with one attached hydrogen (secondary N) is 2. The van der Waals surface area contributed by atoms with E-state index in [1.807, 2.05) is 25.9 Å². The van der Waals surface area contributed by atoms with Gasteiger partial charge in [0, 0.05) is 19.3 Å². The monoisotopic (exact) mass is 339 g/mol. The molecule has 0 saturated heterocycles. The predicted octanol–water partition coefficient (Wildman–Crippen LogP) is 2.53. The van der Waals surface area contributed by atoms with Crippen LogP contribution in [0.3, 0.4) is 0 Å². The van der Waals surface area contributed by atoms with Gasteiger partial charge in [-0.15, -0.1) is 0 Å². The van der Waals surface area contributed by atoms with Crippen LogP contribution < -0.4 is 10.6 Å². The highest BCUT2D eigenvalue weighted by Gasteiger charge is 2.15. The number of anilines is 2. The molecule has 22 heavy (non-hydrogen) atoms. The molecule has 2 aromatic rings. The van der Waals surface area contributed by atoms with Crippen molar-refractivity contribution in [3.63, 3.8) is 0 Å². The zero-order valence-corrected chi connectivity index (χ0v) is 14.3. The van der Waals surface area contributed by atoms with Crippen LogP contribution in [-0.2, 0) is 0 Å². The number of rotatable bonds is 6. The summed E-state index contributed by atoms with van der Waals surface area (Å²) in [6, 6.07) is 3.50. The first-order valence-electron chi connectivity index (χ1n) is 6.74. The van der Waals surface area contributed by atoms with E-state index in [0.717, 1.165) is 6.54 Å². The summed E-state index contributed by atoms with van der Waals surface area (Å²) in [5.41, 5.74) is 0.698. The number of carbonyl (C=O) groups is 1. The topological polar surface area (TPSA) is 70.1 Å². The van der Waals surface area contributed by atoms with Gasteiger partial charge >= 0.3 is 0 Å². The lowest BCUT2D eigenvalue weighted by atomic mass is 10.4. The largest absolute Gasteiger partial charge is 0.350 e. The lowest BCUT2D eigenvalue weighted by Gasteiger charge is -2.09. The van der Waals surface area contributed by atoms with Gasteiger partial charge in [0.15, 0.2) is 5.13 Å². The fourth-order valence-electron chi connectivity index (χ4n) is 1.69. The van der Waals surface area contributed by atoms with Crippen LogP contribution in [0.1, 0.15) is 15.4 Å². The summed E-state index contributed by atoms with van der Waals surface area (Å²) in [5.74, 6) is 0.534. The standard InChI is InChI=1S/C14H18ClN5OS/c1-9-12(13(21)16-6-7-20(2)3)22-14(18-9)19-11-5-4-10(15)8-17-11/h4-5,8H,6-7H2,1-3H3,(H,16,21)(H,17,18,19). The van der Waals surface area contributed by atoms with Crippen molar-refractivity contribution in [2.24, 2.45) is 0 Å². The number of nitrogens with zero attached hydrogens (tertiary/aromatic N) is 3. The van der Waals surface area contributed by atoms with E-state index in [2.05, 4.69) is 20.6 Å². The number of aromatic nitrogens is 2. The van der Waals surface area contributed by atoms with Crippen molar-refractivity contribution in [2.75, 3.05) is 32.5 Å². The van der Waals surface area contributed by atoms with Gasteiger partial charge in [0.2, 0.25) is 0 Å². The van der Waals surface area contributed by atoms with Gasteiger partial charge in [-0.1, -0.05) is 22.9 Å². The van der Waals surface area contributed by atoms with Crippen molar-refractivity contribution in [1.29, 1.82) is 0 Å². The SMILES string of the molecule is Cc1nc(Nc2ccc(Cl)cn2)sc1C(=O)NCCN(C)C. The average Bonchev–Trinajstić information content (AvgIpc) is 2.82. The van der Waals surface area contributed by atoms with Crippen LogP contribution >= 0.6 is 22.9 Å². The van der Waals surface area contributed by atoms with E-state index in [9.17, 15) is 4.79 Å². The van der Waals surface area contributed by atoms with Crippen molar-refractivity contribution in [3.8, 4) is 0 Å². The molecular formula is C14H18ClN5OS. The van der Waals surface area contributed by atoms with Gasteiger partial charge in [-0.2, -0.15) is 0 Å². The zero-order valence-electron chi connectivity index (χ0n) is 12.7. The highest BCUT2D eigenvalue weighted by Crippen LogP contribution is 2.25. The maximum atomic E-state index is 12.1. The fourth-order valence-corrected chi connectivity index (χ4v) is 2.69. The first-order valence-corrected chi connectivity index (χ1v) is 7.94. The molecule has 2 aromatic heterocycles. The molecule has 1 amide bonds. The van der Waals surface area contributed by atoms with Crippen LogP contribution in [0, 0.1) is 6.92 Å². The number of likely N-dealkylation sites (N-methyl/N-ethyl adjacent to an activating group) is 1. The Hall–Kier alpha value is -1.70. The number of thiazole rings is 1. The van der Waals surface area contributed by atoms with Gasteiger partial charge < -0.3 is 15.5 Å². The van der Waals surface area contributed by atoms with Gasteiger partial charge in [-0.25, -0.2) is 9.97 Å². The van der Waals surface area contributed by atoms with Gasteiger partial charge in [0.1, 0.15) is 10.7 Å². The molecule has 0 spiro atoms. The maximum absolute atomic E-state index is 12.1. The van der Waals surface area contributed by atoms with Gasteiger partial charge in [-0.05, 0) is 33.2 Å². The van der Waals surface area contributed by atoms with Gasteiger partial charge in [0.25, 0.3) is 5.91 Å². The van der Waals surface area contributed by atoms with Crippen molar-refractivity contribution in [2.45, 2.75) is 6.92 Å². The summed E-state index contributed by atoms with van der Waals surface area (Å²) in [5, 5.41) is 7.16. The number of carbonyl (C=O) groups excluding carboxylic acids is 1. The minimum absolute atomic E-state index is 0.103.